The van der Waals surface area contributed by atoms with Crippen LogP contribution in [0, 0.1) is 16.2 Å². The summed E-state index contributed by atoms with van der Waals surface area (Å²) in [4.78, 5) is 48.5. The Labute approximate surface area is 515 Å². The monoisotopic (exact) mass is 1220 g/mol. The van der Waals surface area contributed by atoms with E-state index >= 15 is 0 Å². The highest BCUT2D eigenvalue weighted by atomic mass is 16.6. The Hall–Kier alpha value is -4.17. The fourth-order valence-corrected chi connectivity index (χ4v) is 17.8. The van der Waals surface area contributed by atoms with Crippen molar-refractivity contribution in [1.29, 1.82) is 0 Å². The maximum absolute atomic E-state index is 12.8. The average molecular weight is 1220 g/mol. The minimum absolute atomic E-state index is 0.0215. The number of ether oxygens (including phenoxy) is 6. The van der Waals surface area contributed by atoms with Gasteiger partial charge in [0.05, 0.1) is 54.7 Å². The van der Waals surface area contributed by atoms with Crippen LogP contribution in [0.3, 0.4) is 0 Å². The molecule has 87 heavy (non-hydrogen) atoms. The van der Waals surface area contributed by atoms with E-state index in [1.807, 2.05) is 45.0 Å². The van der Waals surface area contributed by atoms with Crippen molar-refractivity contribution in [2.24, 2.45) is 22.0 Å². The second-order valence-corrected chi connectivity index (χ2v) is 28.1. The summed E-state index contributed by atoms with van der Waals surface area (Å²) in [5.41, 5.74) is 3.98. The smallest absolute Gasteiger partial charge is 0.373 e. The van der Waals surface area contributed by atoms with Crippen LogP contribution in [0.1, 0.15) is 231 Å². The topological polar surface area (TPSA) is 288 Å². The van der Waals surface area contributed by atoms with E-state index in [-0.39, 0.29) is 72.4 Å². The molecule has 15 atom stereocenters. The molecule has 18 nitrogen and oxygen atoms in total. The zero-order chi connectivity index (χ0) is 62.8. The van der Waals surface area contributed by atoms with Gasteiger partial charge in [0.25, 0.3) is 12.9 Å². The highest BCUT2D eigenvalue weighted by Crippen LogP contribution is 2.76. The van der Waals surface area contributed by atoms with Crippen LogP contribution in [0.25, 0.3) is 11.1 Å². The van der Waals surface area contributed by atoms with Crippen molar-refractivity contribution in [3.8, 4) is 11.1 Å². The lowest BCUT2D eigenvalue weighted by molar-refractivity contribution is -0.191. The van der Waals surface area contributed by atoms with Crippen molar-refractivity contribution >= 4 is 25.1 Å². The fourth-order valence-electron chi connectivity index (χ4n) is 17.8. The zero-order valence-electron chi connectivity index (χ0n) is 52.4. The largest absolute Gasteiger partial charge is 0.468 e. The summed E-state index contributed by atoms with van der Waals surface area (Å²) in [5.74, 6) is -0.294. The Bertz CT molecular complexity index is 2590. The summed E-state index contributed by atoms with van der Waals surface area (Å²) in [6.07, 6.45) is 28.3. The molecular weight excluding hydrogens is 1110 g/mol. The van der Waals surface area contributed by atoms with Gasteiger partial charge in [-0.25, -0.2) is 0 Å². The Morgan fingerprint density at radius 1 is 0.540 bits per heavy atom. The number of hydrogen-bond donors (Lipinski definition) is 7. The Morgan fingerprint density at radius 2 is 0.897 bits per heavy atom. The van der Waals surface area contributed by atoms with E-state index in [1.54, 1.807) is 0 Å². The van der Waals surface area contributed by atoms with Crippen LogP contribution in [0.5, 0.6) is 0 Å². The van der Waals surface area contributed by atoms with Gasteiger partial charge < -0.3 is 64.8 Å². The quantitative estimate of drug-likeness (QED) is 0.0173. The number of hydrogen-bond acceptors (Lipinski definition) is 18. The second kappa shape index (κ2) is 29.0. The number of fused-ring (bicyclic) bond motifs is 12. The summed E-state index contributed by atoms with van der Waals surface area (Å²) < 4.78 is 32.2. The molecule has 18 heteroatoms. The number of rotatable bonds is 29. The number of unbranched alkanes of at least 4 members (excludes halogenated alkanes) is 14. The zero-order valence-corrected chi connectivity index (χ0v) is 52.4. The van der Waals surface area contributed by atoms with Crippen LogP contribution >= 0.6 is 0 Å². The summed E-state index contributed by atoms with van der Waals surface area (Å²) >= 11 is 0. The highest BCUT2D eigenvalue weighted by molar-refractivity contribution is 5.79. The average Bonchev–Trinajstić information content (AvgIpc) is 1.51. The molecule has 2 aromatic carbocycles. The first-order valence-electron chi connectivity index (χ1n) is 33.0. The van der Waals surface area contributed by atoms with Gasteiger partial charge in [-0.3, -0.25) is 14.4 Å². The first-order chi connectivity index (χ1) is 41.6. The van der Waals surface area contributed by atoms with E-state index < -0.39 is 45.1 Å². The number of esters is 1. The molecule has 0 bridgehead atoms. The van der Waals surface area contributed by atoms with Crippen molar-refractivity contribution in [2.75, 3.05) is 26.4 Å². The molecule has 0 amide bonds. The lowest BCUT2D eigenvalue weighted by Gasteiger charge is -2.25. The first kappa shape index (κ1) is 68.7. The van der Waals surface area contributed by atoms with Gasteiger partial charge in [-0.05, 0) is 114 Å². The fraction of sp³-hybridized carbons (Fsp3) is 0.768. The van der Waals surface area contributed by atoms with E-state index in [9.17, 15) is 45.0 Å². The van der Waals surface area contributed by atoms with Gasteiger partial charge in [-0.1, -0.05) is 152 Å². The normalized spacial score (nSPS) is 37.3. The Morgan fingerprint density at radius 3 is 1.30 bits per heavy atom. The highest BCUT2D eigenvalue weighted by Gasteiger charge is 2.84. The molecule has 486 valence electrons. The van der Waals surface area contributed by atoms with Gasteiger partial charge in [0.15, 0.2) is 0 Å². The lowest BCUT2D eigenvalue weighted by Crippen LogP contribution is -2.42. The molecule has 9 fully saturated rings. The molecule has 3 saturated heterocycles. The summed E-state index contributed by atoms with van der Waals surface area (Å²) in [6.45, 7) is 10.9. The van der Waals surface area contributed by atoms with Crippen LogP contribution in [0.15, 0.2) is 48.5 Å². The molecule has 8 N–H and O–H groups in total. The Kier molecular flexibility index (Phi) is 22.9. The number of aliphatic hydroxyl groups is 6. The van der Waals surface area contributed by atoms with Crippen molar-refractivity contribution in [3.63, 3.8) is 0 Å². The van der Waals surface area contributed by atoms with Gasteiger partial charge >= 0.3 is 12.1 Å². The molecule has 12 rings (SSSR count). The number of nitrogens with two attached hydrogens (primary N) is 1. The molecule has 10 aliphatic rings. The molecule has 6 saturated carbocycles. The van der Waals surface area contributed by atoms with Crippen molar-refractivity contribution in [3.05, 3.63) is 59.7 Å². The molecular formula is C69H103NO17. The maximum Gasteiger partial charge on any atom is 0.373 e. The Balaban J connectivity index is 0.000000164. The molecule has 7 aliphatic carbocycles. The number of carbonyl (C=O) groups is 3. The molecule has 0 spiro atoms. The minimum atomic E-state index is -1.11. The van der Waals surface area contributed by atoms with E-state index in [2.05, 4.69) is 35.9 Å². The first-order valence-corrected chi connectivity index (χ1v) is 33.0. The molecule has 3 heterocycles. The molecule has 0 radical (unpaired) electrons. The predicted molar refractivity (Wildman–Crippen MR) is 322 cm³/mol. The summed E-state index contributed by atoms with van der Waals surface area (Å²) in [5, 5.41) is 64.9. The molecule has 2 aromatic rings. The van der Waals surface area contributed by atoms with E-state index in [1.165, 1.54) is 112 Å². The van der Waals surface area contributed by atoms with Gasteiger partial charge in [0, 0.05) is 41.4 Å². The second-order valence-electron chi connectivity index (χ2n) is 28.1. The third-order valence-corrected chi connectivity index (χ3v) is 21.5. The van der Waals surface area contributed by atoms with E-state index in [0.29, 0.717) is 64.8 Å². The third kappa shape index (κ3) is 14.6. The molecule has 3 aliphatic heterocycles. The maximum atomic E-state index is 12.8. The molecule has 0 unspecified atom stereocenters. The number of carbonyl (C=O) groups excluding carboxylic acids is 5. The van der Waals surface area contributed by atoms with Gasteiger partial charge in [-0.15, -0.1) is 0 Å². The van der Waals surface area contributed by atoms with Crippen LogP contribution in [-0.2, 0) is 52.4 Å². The van der Waals surface area contributed by atoms with Crippen molar-refractivity contribution in [2.45, 2.75) is 290 Å². The summed E-state index contributed by atoms with van der Waals surface area (Å²) in [7, 11) is 0. The van der Waals surface area contributed by atoms with Crippen LogP contribution < -0.4 is 5.73 Å². The third-order valence-electron chi connectivity index (χ3n) is 21.5. The van der Waals surface area contributed by atoms with Crippen LogP contribution in [0.2, 0.25) is 0 Å². The van der Waals surface area contributed by atoms with Crippen molar-refractivity contribution in [1.82, 2.24) is 0 Å². The van der Waals surface area contributed by atoms with Crippen LogP contribution in [-0.4, -0.2) is 152 Å². The van der Waals surface area contributed by atoms with Crippen molar-refractivity contribution < 1.29 is 83.0 Å². The summed E-state index contributed by atoms with van der Waals surface area (Å²) in [6, 6.07) is 16.5. The van der Waals surface area contributed by atoms with Gasteiger partial charge in [0.2, 0.25) is 0 Å². The van der Waals surface area contributed by atoms with Gasteiger partial charge in [0.1, 0.15) is 41.7 Å². The minimum Gasteiger partial charge on any atom is -0.468 e. The predicted octanol–water partition coefficient (Wildman–Crippen LogP) is 9.14. The number of benzene rings is 2. The molecule has 0 aromatic heterocycles. The van der Waals surface area contributed by atoms with E-state index in [4.69, 9.17) is 39.0 Å². The van der Waals surface area contributed by atoms with Crippen LogP contribution in [0.4, 0.5) is 0 Å². The lowest BCUT2D eigenvalue weighted by atomic mass is 9.87. The standard InChI is InChI=1S/C27H48O5.C25H26O5.C12H20O3.C4H9NO2.CO2/c1-23-19-26(29)20-25(21-27(25,30)24(26)32-23)17-15-13-11-9-7-5-3-2-4-6-8-10-12-14-16-18-31-22-28;1-15-10-24(27)13-23(14-25(23,28)22(24)30-15)11-21(26)29-12-20-18-8-4-2-6-16(18)17-7-3-5-9-19(17)20;1-3-4-10-6-11(13)5-8(2)15-9(11)12(10,14)7-10;5-2-1-3-7-4-6;2-1-3/h22-24,29-30H,2-21H2,1H3;2-9,15,20,22,27-28H,10-14H2,1H3;8-9,13-14H,3-7H2,1-2H3;4H,1-3,5H2;/t23-,24-,25+,26+,27-;15-,22-,23+,24+,25-;8-,9-,10+,11+,12-;;/m000../s1. The van der Waals surface area contributed by atoms with E-state index in [0.717, 1.165) is 57.8 Å². The van der Waals surface area contributed by atoms with Gasteiger partial charge in [-0.2, -0.15) is 9.59 Å². The SMILES string of the molecule is CCC[C@]12C[C@]3(O)C[C@H](C)O[C@@H]3[C@@]1(O)C2.C[C@H]1C[C@@]2(O)C[C@]3(CC(=O)OCC4c5ccccc5-c5ccccc54)C[C@]3(O)[C@H]2O1.C[C@H]1C[C@@]2(O)C[C@]3(CCCCCCCCCCCCCCCCCOC=O)C[C@]3(O)[C@H]2O1.NCCCOC=O.O=C=O.